The first-order chi connectivity index (χ1) is 11.7. The summed E-state index contributed by atoms with van der Waals surface area (Å²) in [5.74, 6) is 0.436. The summed E-state index contributed by atoms with van der Waals surface area (Å²) in [6.45, 7) is 2.13. The van der Waals surface area contributed by atoms with Crippen LogP contribution in [0, 0.1) is 0 Å². The number of nitrogens with one attached hydrogen (secondary N) is 1. The predicted molar refractivity (Wildman–Crippen MR) is 101 cm³/mol. The van der Waals surface area contributed by atoms with Crippen LogP contribution in [-0.2, 0) is 0 Å². The van der Waals surface area contributed by atoms with E-state index in [1.165, 1.54) is 0 Å². The minimum Gasteiger partial charge on any atom is -0.496 e. The van der Waals surface area contributed by atoms with Crippen molar-refractivity contribution in [3.8, 4) is 5.75 Å². The van der Waals surface area contributed by atoms with Gasteiger partial charge >= 0.3 is 0 Å². The fourth-order valence-electron chi connectivity index (χ4n) is 2.23. The molecule has 0 saturated heterocycles. The van der Waals surface area contributed by atoms with Gasteiger partial charge in [0.1, 0.15) is 5.75 Å². The van der Waals surface area contributed by atoms with E-state index >= 15 is 0 Å². The molecule has 0 spiro atoms. The maximum atomic E-state index is 12.3. The Labute approximate surface area is 151 Å². The average Bonchev–Trinajstić information content (AvgIpc) is 2.62. The highest BCUT2D eigenvalue weighted by Gasteiger charge is 2.09. The molecule has 0 atom stereocenters. The molecule has 0 radical (unpaired) electrons. The molecule has 5 heteroatoms. The van der Waals surface area contributed by atoms with Crippen LogP contribution in [0.15, 0.2) is 58.1 Å². The van der Waals surface area contributed by atoms with Crippen LogP contribution in [0.25, 0.3) is 0 Å². The monoisotopic (exact) mass is 388 g/mol. The lowest BCUT2D eigenvalue weighted by atomic mass is 10.1. The Morgan fingerprint density at radius 3 is 2.54 bits per heavy atom. The fourth-order valence-corrected chi connectivity index (χ4v) is 2.77. The molecule has 0 bridgehead atoms. The zero-order chi connectivity index (χ0) is 17.4. The van der Waals surface area contributed by atoms with Gasteiger partial charge in [0.05, 0.1) is 17.3 Å². The van der Waals surface area contributed by atoms with Crippen molar-refractivity contribution in [2.24, 2.45) is 5.10 Å². The van der Waals surface area contributed by atoms with Crippen molar-refractivity contribution in [2.75, 3.05) is 7.11 Å². The van der Waals surface area contributed by atoms with Gasteiger partial charge < -0.3 is 4.74 Å². The number of ether oxygens (including phenoxy) is 1. The Morgan fingerprint density at radius 1 is 1.17 bits per heavy atom. The number of unbranched alkanes of at least 4 members (excludes halogenated alkanes) is 1. The van der Waals surface area contributed by atoms with Gasteiger partial charge in [0.15, 0.2) is 0 Å². The SMILES string of the molecule is CCCCC(=NNC(=O)c1ccc(OC)c(Br)c1)c1ccccc1. The van der Waals surface area contributed by atoms with Crippen LogP contribution in [0.5, 0.6) is 5.75 Å². The zero-order valence-corrected chi connectivity index (χ0v) is 15.5. The van der Waals surface area contributed by atoms with Gasteiger partial charge in [-0.3, -0.25) is 4.79 Å². The van der Waals surface area contributed by atoms with Crippen molar-refractivity contribution < 1.29 is 9.53 Å². The van der Waals surface area contributed by atoms with E-state index in [1.54, 1.807) is 25.3 Å². The predicted octanol–water partition coefficient (Wildman–Crippen LogP) is 4.78. The third-order valence-corrected chi connectivity index (χ3v) is 4.20. The van der Waals surface area contributed by atoms with Crippen LogP contribution < -0.4 is 10.2 Å². The number of carbonyl (C=O) groups excluding carboxylic acids is 1. The number of carbonyl (C=O) groups is 1. The van der Waals surface area contributed by atoms with Gasteiger partial charge in [0.2, 0.25) is 0 Å². The van der Waals surface area contributed by atoms with Crippen molar-refractivity contribution in [3.63, 3.8) is 0 Å². The Bertz CT molecular complexity index is 715. The lowest BCUT2D eigenvalue weighted by Crippen LogP contribution is -2.20. The zero-order valence-electron chi connectivity index (χ0n) is 13.9. The Kier molecular flexibility index (Phi) is 7.00. The molecule has 2 rings (SSSR count). The van der Waals surface area contributed by atoms with Crippen LogP contribution in [0.1, 0.15) is 42.1 Å². The lowest BCUT2D eigenvalue weighted by molar-refractivity contribution is 0.0954. The minimum atomic E-state index is -0.247. The van der Waals surface area contributed by atoms with Crippen LogP contribution in [0.2, 0.25) is 0 Å². The maximum absolute atomic E-state index is 12.3. The summed E-state index contributed by atoms with van der Waals surface area (Å²) in [6, 6.07) is 15.1. The van der Waals surface area contributed by atoms with Crippen LogP contribution in [-0.4, -0.2) is 18.7 Å². The second-order valence-corrected chi connectivity index (χ2v) is 6.17. The molecule has 0 heterocycles. The van der Waals surface area contributed by atoms with Gasteiger partial charge in [-0.2, -0.15) is 5.10 Å². The van der Waals surface area contributed by atoms with E-state index in [0.717, 1.165) is 35.0 Å². The molecule has 2 aromatic carbocycles. The normalized spacial score (nSPS) is 11.2. The van der Waals surface area contributed by atoms with Crippen molar-refractivity contribution in [2.45, 2.75) is 26.2 Å². The molecule has 0 unspecified atom stereocenters. The Balaban J connectivity index is 2.15. The number of amides is 1. The largest absolute Gasteiger partial charge is 0.496 e. The summed E-state index contributed by atoms with van der Waals surface area (Å²) in [5, 5.41) is 4.35. The molecule has 1 N–H and O–H groups in total. The van der Waals surface area contributed by atoms with Crippen LogP contribution >= 0.6 is 15.9 Å². The third-order valence-electron chi connectivity index (χ3n) is 3.58. The fraction of sp³-hybridized carbons (Fsp3) is 0.263. The second kappa shape index (κ2) is 9.23. The molecule has 0 aromatic heterocycles. The van der Waals surface area contributed by atoms with E-state index in [2.05, 4.69) is 33.4 Å². The third kappa shape index (κ3) is 4.93. The smallest absolute Gasteiger partial charge is 0.271 e. The molecule has 0 aliphatic heterocycles. The highest BCUT2D eigenvalue weighted by Crippen LogP contribution is 2.25. The van der Waals surface area contributed by atoms with E-state index in [1.807, 2.05) is 30.3 Å². The topological polar surface area (TPSA) is 50.7 Å². The standard InChI is InChI=1S/C19H21BrN2O2/c1-3-4-10-17(14-8-6-5-7-9-14)21-22-19(23)15-11-12-18(24-2)16(20)13-15/h5-9,11-13H,3-4,10H2,1-2H3,(H,22,23). The molecule has 0 aliphatic rings. The summed E-state index contributed by atoms with van der Waals surface area (Å²) < 4.78 is 5.91. The Morgan fingerprint density at radius 2 is 1.92 bits per heavy atom. The number of methoxy groups -OCH3 is 1. The number of hydrazone groups is 1. The first-order valence-corrected chi connectivity index (χ1v) is 8.71. The summed E-state index contributed by atoms with van der Waals surface area (Å²) in [6.07, 6.45) is 2.93. The maximum Gasteiger partial charge on any atom is 0.271 e. The van der Waals surface area contributed by atoms with Gasteiger partial charge in [-0.05, 0) is 52.5 Å². The van der Waals surface area contributed by atoms with E-state index in [4.69, 9.17) is 4.74 Å². The van der Waals surface area contributed by atoms with Gasteiger partial charge in [0.25, 0.3) is 5.91 Å². The van der Waals surface area contributed by atoms with Crippen LogP contribution in [0.4, 0.5) is 0 Å². The van der Waals surface area contributed by atoms with Crippen molar-refractivity contribution in [1.29, 1.82) is 0 Å². The van der Waals surface area contributed by atoms with E-state index in [0.29, 0.717) is 11.3 Å². The summed E-state index contributed by atoms with van der Waals surface area (Å²) in [4.78, 5) is 12.3. The second-order valence-electron chi connectivity index (χ2n) is 5.32. The molecular weight excluding hydrogens is 368 g/mol. The minimum absolute atomic E-state index is 0.247. The van der Waals surface area contributed by atoms with Gasteiger partial charge in [-0.15, -0.1) is 0 Å². The van der Waals surface area contributed by atoms with E-state index in [-0.39, 0.29) is 5.91 Å². The summed E-state index contributed by atoms with van der Waals surface area (Å²) in [7, 11) is 1.59. The van der Waals surface area contributed by atoms with Crippen LogP contribution in [0.3, 0.4) is 0 Å². The number of halogens is 1. The number of hydrogen-bond acceptors (Lipinski definition) is 3. The van der Waals surface area contributed by atoms with Crippen molar-refractivity contribution in [1.82, 2.24) is 5.43 Å². The molecule has 126 valence electrons. The number of rotatable bonds is 7. The van der Waals surface area contributed by atoms with E-state index < -0.39 is 0 Å². The number of hydrogen-bond donors (Lipinski definition) is 1. The Hall–Kier alpha value is -2.14. The van der Waals surface area contributed by atoms with Crippen molar-refractivity contribution >= 4 is 27.5 Å². The molecule has 4 nitrogen and oxygen atoms in total. The average molecular weight is 389 g/mol. The molecular formula is C19H21BrN2O2. The van der Waals surface area contributed by atoms with Gasteiger partial charge in [-0.1, -0.05) is 43.7 Å². The number of nitrogens with zero attached hydrogens (tertiary/aromatic N) is 1. The molecule has 24 heavy (non-hydrogen) atoms. The molecule has 0 aliphatic carbocycles. The quantitative estimate of drug-likeness (QED) is 0.547. The summed E-state index contributed by atoms with van der Waals surface area (Å²) in [5.41, 5.74) is 5.10. The van der Waals surface area contributed by atoms with Gasteiger partial charge in [-0.25, -0.2) is 5.43 Å². The number of benzene rings is 2. The van der Waals surface area contributed by atoms with Gasteiger partial charge in [0, 0.05) is 5.56 Å². The highest BCUT2D eigenvalue weighted by molar-refractivity contribution is 9.10. The molecule has 0 saturated carbocycles. The van der Waals surface area contributed by atoms with Crippen molar-refractivity contribution in [3.05, 3.63) is 64.1 Å². The molecule has 0 fully saturated rings. The molecule has 2 aromatic rings. The lowest BCUT2D eigenvalue weighted by Gasteiger charge is -2.08. The summed E-state index contributed by atoms with van der Waals surface area (Å²) >= 11 is 3.39. The first-order valence-electron chi connectivity index (χ1n) is 7.91. The first kappa shape index (κ1) is 18.2. The van der Waals surface area contributed by atoms with E-state index in [9.17, 15) is 4.79 Å². The highest BCUT2D eigenvalue weighted by atomic mass is 79.9. The molecule has 1 amide bonds.